The van der Waals surface area contributed by atoms with E-state index in [-0.39, 0.29) is 0 Å². The molecule has 52 valence electrons. The first kappa shape index (κ1) is 5.69. The summed E-state index contributed by atoms with van der Waals surface area (Å²) in [7, 11) is 2.17. The van der Waals surface area contributed by atoms with Gasteiger partial charge in [-0.2, -0.15) is 0 Å². The molecule has 0 aliphatic carbocycles. The third-order valence-corrected chi connectivity index (χ3v) is 2.25. The lowest BCUT2D eigenvalue weighted by Gasteiger charge is -2.25. The van der Waals surface area contributed by atoms with Crippen LogP contribution >= 0.6 is 0 Å². The first-order valence-electron chi connectivity index (χ1n) is 3.65. The van der Waals surface area contributed by atoms with Crippen LogP contribution in [0.2, 0.25) is 0 Å². The molecular weight excluding hydrogens is 114 g/mol. The first-order chi connectivity index (χ1) is 4.34. The van der Waals surface area contributed by atoms with Gasteiger partial charge in [-0.05, 0) is 19.4 Å². The number of rotatable bonds is 0. The zero-order chi connectivity index (χ0) is 6.27. The maximum absolute atomic E-state index is 5.51. The Bertz CT molecular complexity index is 103. The molecule has 0 radical (unpaired) electrons. The van der Waals surface area contributed by atoms with Crippen molar-refractivity contribution in [2.24, 2.45) is 5.92 Å². The van der Waals surface area contributed by atoms with Crippen LogP contribution in [0.25, 0.3) is 0 Å². The van der Waals surface area contributed by atoms with Crippen LogP contribution < -0.4 is 0 Å². The summed E-state index contributed by atoms with van der Waals surface area (Å²) in [6, 6.07) is 0. The van der Waals surface area contributed by atoms with Gasteiger partial charge < -0.3 is 9.64 Å². The summed E-state index contributed by atoms with van der Waals surface area (Å²) in [6.45, 7) is 3.40. The second-order valence-corrected chi connectivity index (χ2v) is 3.28. The van der Waals surface area contributed by atoms with E-state index >= 15 is 0 Å². The molecule has 2 atom stereocenters. The van der Waals surface area contributed by atoms with Crippen LogP contribution in [0.5, 0.6) is 0 Å². The van der Waals surface area contributed by atoms with E-state index in [1.165, 1.54) is 13.0 Å². The van der Waals surface area contributed by atoms with Gasteiger partial charge >= 0.3 is 0 Å². The molecule has 0 aromatic rings. The largest absolute Gasteiger partial charge is 0.377 e. The van der Waals surface area contributed by atoms with Crippen molar-refractivity contribution in [2.75, 3.05) is 26.7 Å². The molecule has 2 nitrogen and oxygen atoms in total. The van der Waals surface area contributed by atoms with Gasteiger partial charge in [0.15, 0.2) is 0 Å². The Morgan fingerprint density at radius 1 is 1.44 bits per heavy atom. The summed E-state index contributed by atoms with van der Waals surface area (Å²) in [6.07, 6.45) is 1.87. The van der Waals surface area contributed by atoms with Gasteiger partial charge in [0, 0.05) is 13.1 Å². The fraction of sp³-hybridized carbons (Fsp3) is 1.00. The van der Waals surface area contributed by atoms with Crippen molar-refractivity contribution in [3.05, 3.63) is 0 Å². The van der Waals surface area contributed by atoms with Crippen LogP contribution in [-0.2, 0) is 4.74 Å². The van der Waals surface area contributed by atoms with E-state index < -0.39 is 0 Å². The highest BCUT2D eigenvalue weighted by molar-refractivity contribution is 4.82. The van der Waals surface area contributed by atoms with Gasteiger partial charge in [0.25, 0.3) is 0 Å². The van der Waals surface area contributed by atoms with E-state index in [0.29, 0.717) is 6.10 Å². The zero-order valence-corrected chi connectivity index (χ0v) is 5.84. The molecule has 2 fully saturated rings. The third-order valence-electron chi connectivity index (χ3n) is 2.25. The average Bonchev–Trinajstić information content (AvgIpc) is 2.11. The van der Waals surface area contributed by atoms with Crippen LogP contribution in [0.1, 0.15) is 6.42 Å². The quantitative estimate of drug-likeness (QED) is 0.465. The minimum atomic E-state index is 0.564. The van der Waals surface area contributed by atoms with E-state index in [1.807, 2.05) is 0 Å². The summed E-state index contributed by atoms with van der Waals surface area (Å²) < 4.78 is 5.51. The monoisotopic (exact) mass is 127 g/mol. The second kappa shape index (κ2) is 1.96. The van der Waals surface area contributed by atoms with Crippen molar-refractivity contribution >= 4 is 0 Å². The Kier molecular flexibility index (Phi) is 1.24. The highest BCUT2D eigenvalue weighted by atomic mass is 16.5. The van der Waals surface area contributed by atoms with Crippen molar-refractivity contribution in [3.8, 4) is 0 Å². The molecular formula is C7H13NO. The number of fused-ring (bicyclic) bond motifs is 2. The van der Waals surface area contributed by atoms with Crippen molar-refractivity contribution in [1.29, 1.82) is 0 Å². The Labute approximate surface area is 55.8 Å². The number of likely N-dealkylation sites (N-methyl/N-ethyl adjacent to an activating group) is 1. The molecule has 2 aliphatic heterocycles. The molecule has 2 saturated heterocycles. The Morgan fingerprint density at radius 3 is 3.11 bits per heavy atom. The standard InChI is InChI=1S/C7H13NO/c1-8-3-6-2-7(4-8)9-5-6/h6-7H,2-5H2,1H3/t6-,7+/m1/s1. The molecule has 0 aromatic heterocycles. The molecule has 0 aromatic carbocycles. The van der Waals surface area contributed by atoms with Crippen LogP contribution in [0.4, 0.5) is 0 Å². The number of hydrogen-bond acceptors (Lipinski definition) is 2. The normalized spacial score (nSPS) is 43.7. The van der Waals surface area contributed by atoms with Gasteiger partial charge in [-0.1, -0.05) is 0 Å². The SMILES string of the molecule is CN1C[C@@H]2CO[C@@H](C2)C1. The van der Waals surface area contributed by atoms with Crippen LogP contribution in [0, 0.1) is 5.92 Å². The zero-order valence-electron chi connectivity index (χ0n) is 5.84. The van der Waals surface area contributed by atoms with Crippen molar-refractivity contribution < 1.29 is 4.74 Å². The first-order valence-corrected chi connectivity index (χ1v) is 3.65. The number of nitrogens with zero attached hydrogens (tertiary/aromatic N) is 1. The van der Waals surface area contributed by atoms with Crippen molar-refractivity contribution in [2.45, 2.75) is 12.5 Å². The minimum Gasteiger partial charge on any atom is -0.377 e. The number of hydrogen-bond donors (Lipinski definition) is 0. The minimum absolute atomic E-state index is 0.564. The summed E-state index contributed by atoms with van der Waals surface area (Å²) >= 11 is 0. The molecule has 0 amide bonds. The topological polar surface area (TPSA) is 12.5 Å². The van der Waals surface area contributed by atoms with E-state index in [9.17, 15) is 0 Å². The molecule has 0 unspecified atom stereocenters. The van der Waals surface area contributed by atoms with Gasteiger partial charge in [-0.15, -0.1) is 0 Å². The summed E-state index contributed by atoms with van der Waals surface area (Å²) in [5.41, 5.74) is 0. The van der Waals surface area contributed by atoms with E-state index in [0.717, 1.165) is 19.1 Å². The molecule has 2 heteroatoms. The molecule has 0 spiro atoms. The Morgan fingerprint density at radius 2 is 2.33 bits per heavy atom. The molecule has 2 rings (SSSR count). The Balaban J connectivity index is 2.03. The lowest BCUT2D eigenvalue weighted by molar-refractivity contribution is 0.0926. The van der Waals surface area contributed by atoms with Crippen LogP contribution in [-0.4, -0.2) is 37.7 Å². The Hall–Kier alpha value is -0.0800. The van der Waals surface area contributed by atoms with Crippen molar-refractivity contribution in [1.82, 2.24) is 4.90 Å². The molecule has 9 heavy (non-hydrogen) atoms. The van der Waals surface area contributed by atoms with E-state index in [2.05, 4.69) is 11.9 Å². The van der Waals surface area contributed by atoms with Gasteiger partial charge in [0.05, 0.1) is 12.7 Å². The second-order valence-electron chi connectivity index (χ2n) is 3.28. The molecule has 2 bridgehead atoms. The maximum atomic E-state index is 5.51. The highest BCUT2D eigenvalue weighted by Crippen LogP contribution is 2.25. The lowest BCUT2D eigenvalue weighted by atomic mass is 10.0. The number of likely N-dealkylation sites (tertiary alicyclic amines) is 1. The van der Waals surface area contributed by atoms with Gasteiger partial charge in [-0.25, -0.2) is 0 Å². The summed E-state index contributed by atoms with van der Waals surface area (Å²) in [4.78, 5) is 2.37. The van der Waals surface area contributed by atoms with Gasteiger partial charge in [-0.3, -0.25) is 0 Å². The van der Waals surface area contributed by atoms with E-state index in [1.54, 1.807) is 0 Å². The fourth-order valence-electron chi connectivity index (χ4n) is 1.90. The molecule has 0 N–H and O–H groups in total. The highest BCUT2D eigenvalue weighted by Gasteiger charge is 2.31. The molecule has 2 aliphatic rings. The lowest BCUT2D eigenvalue weighted by Crippen LogP contribution is -2.35. The summed E-state index contributed by atoms with van der Waals surface area (Å²) in [5, 5.41) is 0. The number of ether oxygens (including phenoxy) is 1. The smallest absolute Gasteiger partial charge is 0.0706 e. The van der Waals surface area contributed by atoms with Crippen LogP contribution in [0.15, 0.2) is 0 Å². The van der Waals surface area contributed by atoms with Crippen molar-refractivity contribution in [3.63, 3.8) is 0 Å². The molecule has 2 heterocycles. The van der Waals surface area contributed by atoms with E-state index in [4.69, 9.17) is 4.74 Å². The average molecular weight is 127 g/mol. The van der Waals surface area contributed by atoms with Gasteiger partial charge in [0.1, 0.15) is 0 Å². The third kappa shape index (κ3) is 0.970. The van der Waals surface area contributed by atoms with Gasteiger partial charge in [0.2, 0.25) is 0 Å². The van der Waals surface area contributed by atoms with Crippen LogP contribution in [0.3, 0.4) is 0 Å². The maximum Gasteiger partial charge on any atom is 0.0706 e. The summed E-state index contributed by atoms with van der Waals surface area (Å²) in [5.74, 6) is 0.841. The number of piperidine rings is 1. The predicted octanol–water partition coefficient (Wildman–Crippen LogP) is 0.337. The molecule has 0 saturated carbocycles. The predicted molar refractivity (Wildman–Crippen MR) is 35.3 cm³/mol. The fourth-order valence-corrected chi connectivity index (χ4v) is 1.90.